The Bertz CT molecular complexity index is 788. The van der Waals surface area contributed by atoms with E-state index in [1.165, 1.54) is 12.1 Å². The van der Waals surface area contributed by atoms with Gasteiger partial charge in [0.2, 0.25) is 0 Å². The van der Waals surface area contributed by atoms with Crippen molar-refractivity contribution in [3.8, 4) is 16.9 Å². The van der Waals surface area contributed by atoms with E-state index in [-0.39, 0.29) is 11.5 Å². The van der Waals surface area contributed by atoms with Crippen molar-refractivity contribution in [3.05, 3.63) is 88.9 Å². The Kier molecular flexibility index (Phi) is 3.94. The fourth-order valence-corrected chi connectivity index (χ4v) is 2.36. The molecule has 0 fully saturated rings. The van der Waals surface area contributed by atoms with Crippen molar-refractivity contribution < 1.29 is 9.90 Å². The minimum absolute atomic E-state index is 0.0670. The summed E-state index contributed by atoms with van der Waals surface area (Å²) in [5.41, 5.74) is 3.24. The van der Waals surface area contributed by atoms with Crippen LogP contribution in [-0.4, -0.2) is 10.9 Å². The van der Waals surface area contributed by atoms with E-state index in [0.29, 0.717) is 16.1 Å². The van der Waals surface area contributed by atoms with Crippen LogP contribution in [0, 0.1) is 0 Å². The van der Waals surface area contributed by atoms with Crippen molar-refractivity contribution in [2.75, 3.05) is 0 Å². The fraction of sp³-hybridized carbons (Fsp3) is 0. The Morgan fingerprint density at radius 3 is 1.59 bits per heavy atom. The van der Waals surface area contributed by atoms with Gasteiger partial charge < -0.3 is 5.11 Å². The molecule has 0 heterocycles. The largest absolute Gasteiger partial charge is 0.508 e. The molecule has 0 aliphatic carbocycles. The van der Waals surface area contributed by atoms with Crippen molar-refractivity contribution in [2.45, 2.75) is 0 Å². The van der Waals surface area contributed by atoms with E-state index in [1.807, 2.05) is 36.4 Å². The number of halogens is 1. The van der Waals surface area contributed by atoms with Gasteiger partial charge >= 0.3 is 0 Å². The lowest BCUT2D eigenvalue weighted by Crippen LogP contribution is -2.00. The van der Waals surface area contributed by atoms with Crippen LogP contribution >= 0.6 is 11.6 Å². The van der Waals surface area contributed by atoms with Gasteiger partial charge in [-0.05, 0) is 47.5 Å². The van der Waals surface area contributed by atoms with Gasteiger partial charge in [0.25, 0.3) is 0 Å². The van der Waals surface area contributed by atoms with E-state index >= 15 is 0 Å². The average Bonchev–Trinajstić information content (AvgIpc) is 2.56. The summed E-state index contributed by atoms with van der Waals surface area (Å²) in [5.74, 6) is 0.0808. The lowest BCUT2D eigenvalue weighted by Gasteiger charge is -2.05. The first-order chi connectivity index (χ1) is 10.6. The van der Waals surface area contributed by atoms with Crippen LogP contribution in [0.2, 0.25) is 5.02 Å². The molecule has 0 saturated heterocycles. The number of ketones is 1. The number of carbonyl (C=O) groups excluding carboxylic acids is 1. The summed E-state index contributed by atoms with van der Waals surface area (Å²) in [6.07, 6.45) is 0. The van der Waals surface area contributed by atoms with Crippen LogP contribution in [0.1, 0.15) is 15.9 Å². The topological polar surface area (TPSA) is 37.3 Å². The molecule has 0 bridgehead atoms. The first-order valence-corrected chi connectivity index (χ1v) is 7.21. The van der Waals surface area contributed by atoms with Gasteiger partial charge in [0.15, 0.2) is 5.78 Å². The Balaban J connectivity index is 1.86. The lowest BCUT2D eigenvalue weighted by atomic mass is 9.99. The molecular formula is C19H13ClO2. The van der Waals surface area contributed by atoms with Gasteiger partial charge in [-0.25, -0.2) is 0 Å². The van der Waals surface area contributed by atoms with Gasteiger partial charge in [-0.1, -0.05) is 48.0 Å². The van der Waals surface area contributed by atoms with Gasteiger partial charge in [0.1, 0.15) is 5.75 Å². The molecule has 1 N–H and O–H groups in total. The number of rotatable bonds is 3. The molecule has 0 atom stereocenters. The molecule has 0 saturated carbocycles. The fourth-order valence-electron chi connectivity index (χ4n) is 2.24. The Labute approximate surface area is 133 Å². The minimum atomic E-state index is -0.0670. The van der Waals surface area contributed by atoms with Crippen molar-refractivity contribution >= 4 is 17.4 Å². The third kappa shape index (κ3) is 3.02. The molecule has 0 radical (unpaired) electrons. The van der Waals surface area contributed by atoms with Gasteiger partial charge in [-0.3, -0.25) is 4.79 Å². The lowest BCUT2D eigenvalue weighted by molar-refractivity contribution is 0.103. The summed E-state index contributed by atoms with van der Waals surface area (Å²) in [6.45, 7) is 0. The molecule has 3 rings (SSSR count). The van der Waals surface area contributed by atoms with Gasteiger partial charge in [-0.15, -0.1) is 0 Å². The number of hydrogen-bond acceptors (Lipinski definition) is 2. The van der Waals surface area contributed by atoms with E-state index in [4.69, 9.17) is 11.6 Å². The first kappa shape index (κ1) is 14.4. The van der Waals surface area contributed by atoms with Crippen LogP contribution in [0.15, 0.2) is 72.8 Å². The molecule has 0 spiro atoms. The van der Waals surface area contributed by atoms with E-state index in [1.54, 1.807) is 24.3 Å². The highest BCUT2D eigenvalue weighted by Gasteiger charge is 2.09. The zero-order valence-electron chi connectivity index (χ0n) is 11.7. The highest BCUT2D eigenvalue weighted by atomic mass is 35.5. The van der Waals surface area contributed by atoms with Crippen LogP contribution in [-0.2, 0) is 0 Å². The maximum atomic E-state index is 12.4. The number of phenols is 1. The quantitative estimate of drug-likeness (QED) is 0.696. The van der Waals surface area contributed by atoms with Gasteiger partial charge in [0, 0.05) is 16.1 Å². The monoisotopic (exact) mass is 308 g/mol. The number of benzene rings is 3. The van der Waals surface area contributed by atoms with Crippen LogP contribution < -0.4 is 0 Å². The summed E-state index contributed by atoms with van der Waals surface area (Å²) in [6, 6.07) is 21.3. The number of aromatic hydroxyl groups is 1. The summed E-state index contributed by atoms with van der Waals surface area (Å²) in [7, 11) is 0. The van der Waals surface area contributed by atoms with Crippen LogP contribution in [0.25, 0.3) is 11.1 Å². The second-order valence-corrected chi connectivity index (χ2v) is 5.40. The second-order valence-electron chi connectivity index (χ2n) is 4.96. The van der Waals surface area contributed by atoms with Gasteiger partial charge in [-0.2, -0.15) is 0 Å². The molecule has 2 nitrogen and oxygen atoms in total. The SMILES string of the molecule is O=C(c1ccc(O)cc1)c1ccc(-c2ccc(Cl)cc2)cc1. The number of phenolic OH excluding ortho intramolecular Hbond substituents is 1. The van der Waals surface area contributed by atoms with Crippen LogP contribution in [0.3, 0.4) is 0 Å². The van der Waals surface area contributed by atoms with Gasteiger partial charge in [0.05, 0.1) is 0 Å². The third-order valence-corrected chi connectivity index (χ3v) is 3.71. The molecule has 0 aromatic heterocycles. The van der Waals surface area contributed by atoms with E-state index in [2.05, 4.69) is 0 Å². The molecule has 3 heteroatoms. The molecule has 0 aliphatic rings. The average molecular weight is 309 g/mol. The van der Waals surface area contributed by atoms with E-state index in [9.17, 15) is 9.90 Å². The van der Waals surface area contributed by atoms with Crippen molar-refractivity contribution in [3.63, 3.8) is 0 Å². The van der Waals surface area contributed by atoms with Crippen molar-refractivity contribution in [2.24, 2.45) is 0 Å². The van der Waals surface area contributed by atoms with Crippen molar-refractivity contribution in [1.82, 2.24) is 0 Å². The molecule has 0 aliphatic heterocycles. The first-order valence-electron chi connectivity index (χ1n) is 6.83. The smallest absolute Gasteiger partial charge is 0.193 e. The second kappa shape index (κ2) is 6.04. The predicted molar refractivity (Wildman–Crippen MR) is 88.4 cm³/mol. The zero-order chi connectivity index (χ0) is 15.5. The summed E-state index contributed by atoms with van der Waals surface area (Å²) >= 11 is 5.88. The number of carbonyl (C=O) groups is 1. The summed E-state index contributed by atoms with van der Waals surface area (Å²) < 4.78 is 0. The predicted octanol–water partition coefficient (Wildman–Crippen LogP) is 4.94. The van der Waals surface area contributed by atoms with Crippen LogP contribution in [0.4, 0.5) is 0 Å². The molecule has 0 amide bonds. The van der Waals surface area contributed by atoms with Crippen LogP contribution in [0.5, 0.6) is 5.75 Å². The minimum Gasteiger partial charge on any atom is -0.508 e. The molecule has 108 valence electrons. The number of hydrogen-bond donors (Lipinski definition) is 1. The Hall–Kier alpha value is -2.58. The highest BCUT2D eigenvalue weighted by Crippen LogP contribution is 2.23. The summed E-state index contributed by atoms with van der Waals surface area (Å²) in [4.78, 5) is 12.4. The molecule has 22 heavy (non-hydrogen) atoms. The molecular weight excluding hydrogens is 296 g/mol. The Morgan fingerprint density at radius 2 is 1.09 bits per heavy atom. The Morgan fingerprint density at radius 1 is 0.682 bits per heavy atom. The van der Waals surface area contributed by atoms with E-state index in [0.717, 1.165) is 11.1 Å². The zero-order valence-corrected chi connectivity index (χ0v) is 12.4. The van der Waals surface area contributed by atoms with E-state index < -0.39 is 0 Å². The third-order valence-electron chi connectivity index (χ3n) is 3.45. The molecule has 3 aromatic carbocycles. The van der Waals surface area contributed by atoms with Crippen molar-refractivity contribution in [1.29, 1.82) is 0 Å². The molecule has 3 aromatic rings. The normalized spacial score (nSPS) is 10.4. The molecule has 0 unspecified atom stereocenters. The highest BCUT2D eigenvalue weighted by molar-refractivity contribution is 6.30. The summed E-state index contributed by atoms with van der Waals surface area (Å²) in [5, 5.41) is 9.97. The standard InChI is InChI=1S/C19H13ClO2/c20-17-9-5-14(6-10-17)13-1-3-15(4-2-13)19(22)16-7-11-18(21)12-8-16/h1-12,21H. The maximum Gasteiger partial charge on any atom is 0.193 e. The maximum absolute atomic E-state index is 12.4.